The van der Waals surface area contributed by atoms with Gasteiger partial charge in [0.2, 0.25) is 10.0 Å². The summed E-state index contributed by atoms with van der Waals surface area (Å²) in [4.78, 5) is 0.387. The maximum absolute atomic E-state index is 12.6. The second kappa shape index (κ2) is 6.46. The van der Waals surface area contributed by atoms with Gasteiger partial charge >= 0.3 is 0 Å². The molecule has 1 aromatic carbocycles. The van der Waals surface area contributed by atoms with E-state index >= 15 is 0 Å². The zero-order valence-corrected chi connectivity index (χ0v) is 13.6. The number of hydrogen-bond donors (Lipinski definition) is 0. The molecule has 112 valence electrons. The lowest BCUT2D eigenvalue weighted by Crippen LogP contribution is -2.42. The Balaban J connectivity index is 2.17. The monoisotopic (exact) mass is 315 g/mol. The SMILES string of the molecule is CC1CCN(S(=O)(=O)c2ccc(CCCl)cc2)CC1C. The number of benzene rings is 1. The van der Waals surface area contributed by atoms with Crippen LogP contribution in [0.4, 0.5) is 0 Å². The van der Waals surface area contributed by atoms with Crippen LogP contribution in [0.5, 0.6) is 0 Å². The first-order valence-electron chi connectivity index (χ1n) is 7.10. The Bertz CT molecular complexity index is 541. The largest absolute Gasteiger partial charge is 0.243 e. The predicted molar refractivity (Wildman–Crippen MR) is 82.6 cm³/mol. The Labute approximate surface area is 127 Å². The van der Waals surface area contributed by atoms with Gasteiger partial charge in [0.25, 0.3) is 0 Å². The number of alkyl halides is 1. The molecule has 2 rings (SSSR count). The third kappa shape index (κ3) is 3.35. The van der Waals surface area contributed by atoms with Crippen LogP contribution in [0.15, 0.2) is 29.2 Å². The molecule has 0 aliphatic carbocycles. The minimum atomic E-state index is -3.35. The highest BCUT2D eigenvalue weighted by atomic mass is 35.5. The van der Waals surface area contributed by atoms with Crippen molar-refractivity contribution < 1.29 is 8.42 Å². The van der Waals surface area contributed by atoms with E-state index in [-0.39, 0.29) is 0 Å². The second-order valence-electron chi connectivity index (χ2n) is 5.69. The number of hydrogen-bond acceptors (Lipinski definition) is 2. The third-order valence-corrected chi connectivity index (χ3v) is 6.31. The van der Waals surface area contributed by atoms with Gasteiger partial charge < -0.3 is 0 Å². The fourth-order valence-electron chi connectivity index (χ4n) is 2.53. The fourth-order valence-corrected chi connectivity index (χ4v) is 4.30. The summed E-state index contributed by atoms with van der Waals surface area (Å²) in [6, 6.07) is 7.09. The van der Waals surface area contributed by atoms with Gasteiger partial charge in [0.1, 0.15) is 0 Å². The van der Waals surface area contributed by atoms with E-state index in [9.17, 15) is 8.42 Å². The van der Waals surface area contributed by atoms with Gasteiger partial charge in [0, 0.05) is 19.0 Å². The van der Waals surface area contributed by atoms with Gasteiger partial charge in [-0.15, -0.1) is 11.6 Å². The molecule has 0 radical (unpaired) electrons. The lowest BCUT2D eigenvalue weighted by molar-refractivity contribution is 0.212. The first kappa shape index (κ1) is 15.8. The Morgan fingerprint density at radius 1 is 1.20 bits per heavy atom. The molecule has 2 unspecified atom stereocenters. The summed E-state index contributed by atoms with van der Waals surface area (Å²) in [7, 11) is -3.35. The standard InChI is InChI=1S/C15H22ClNO2S/c1-12-8-10-17(11-13(12)2)20(18,19)15-5-3-14(4-6-15)7-9-16/h3-6,12-13H,7-11H2,1-2H3. The van der Waals surface area contributed by atoms with E-state index in [0.29, 0.717) is 35.7 Å². The molecule has 1 aromatic rings. The first-order chi connectivity index (χ1) is 9.45. The van der Waals surface area contributed by atoms with Gasteiger partial charge in [-0.2, -0.15) is 4.31 Å². The number of nitrogens with zero attached hydrogens (tertiary/aromatic N) is 1. The van der Waals surface area contributed by atoms with E-state index in [2.05, 4.69) is 13.8 Å². The molecular formula is C15H22ClNO2S. The van der Waals surface area contributed by atoms with Crippen molar-refractivity contribution >= 4 is 21.6 Å². The zero-order valence-electron chi connectivity index (χ0n) is 12.0. The Morgan fingerprint density at radius 3 is 2.40 bits per heavy atom. The van der Waals surface area contributed by atoms with Gasteiger partial charge in [-0.3, -0.25) is 0 Å². The lowest BCUT2D eigenvalue weighted by atomic mass is 9.90. The first-order valence-corrected chi connectivity index (χ1v) is 9.07. The van der Waals surface area contributed by atoms with Gasteiger partial charge in [-0.25, -0.2) is 8.42 Å². The van der Waals surface area contributed by atoms with Gasteiger partial charge in [0.05, 0.1) is 4.90 Å². The predicted octanol–water partition coefficient (Wildman–Crippen LogP) is 3.13. The number of sulfonamides is 1. The van der Waals surface area contributed by atoms with Crippen LogP contribution >= 0.6 is 11.6 Å². The minimum Gasteiger partial charge on any atom is -0.207 e. The summed E-state index contributed by atoms with van der Waals surface area (Å²) >= 11 is 5.69. The number of rotatable bonds is 4. The molecule has 1 fully saturated rings. The van der Waals surface area contributed by atoms with Crippen molar-refractivity contribution in [3.05, 3.63) is 29.8 Å². The van der Waals surface area contributed by atoms with Crippen molar-refractivity contribution in [3.8, 4) is 0 Å². The summed E-state index contributed by atoms with van der Waals surface area (Å²) in [6.07, 6.45) is 1.70. The van der Waals surface area contributed by atoms with Crippen molar-refractivity contribution in [2.45, 2.75) is 31.6 Å². The molecule has 0 saturated carbocycles. The van der Waals surface area contributed by atoms with E-state index in [0.717, 1.165) is 18.4 Å². The van der Waals surface area contributed by atoms with Gasteiger partial charge in [-0.05, 0) is 42.4 Å². The lowest BCUT2D eigenvalue weighted by Gasteiger charge is -2.34. The second-order valence-corrected chi connectivity index (χ2v) is 8.01. The van der Waals surface area contributed by atoms with Crippen LogP contribution < -0.4 is 0 Å². The molecular weight excluding hydrogens is 294 g/mol. The molecule has 5 heteroatoms. The van der Waals surface area contributed by atoms with Gasteiger partial charge in [0.15, 0.2) is 0 Å². The molecule has 0 bridgehead atoms. The Kier molecular flexibility index (Phi) is 5.10. The van der Waals surface area contributed by atoms with Crippen LogP contribution in [0.1, 0.15) is 25.8 Å². The van der Waals surface area contributed by atoms with Crippen LogP contribution in [0.3, 0.4) is 0 Å². The van der Waals surface area contributed by atoms with Crippen molar-refractivity contribution in [1.29, 1.82) is 0 Å². The summed E-state index contributed by atoms with van der Waals surface area (Å²) in [5, 5.41) is 0. The van der Waals surface area contributed by atoms with Crippen LogP contribution in [0.25, 0.3) is 0 Å². The molecule has 0 amide bonds. The number of piperidine rings is 1. The van der Waals surface area contributed by atoms with Crippen molar-refractivity contribution in [2.24, 2.45) is 11.8 Å². The maximum Gasteiger partial charge on any atom is 0.243 e. The maximum atomic E-state index is 12.6. The quantitative estimate of drug-likeness (QED) is 0.801. The number of aryl methyl sites for hydroxylation is 1. The van der Waals surface area contributed by atoms with E-state index in [1.807, 2.05) is 12.1 Å². The van der Waals surface area contributed by atoms with E-state index in [4.69, 9.17) is 11.6 Å². The average molecular weight is 316 g/mol. The van der Waals surface area contributed by atoms with E-state index in [1.54, 1.807) is 16.4 Å². The molecule has 20 heavy (non-hydrogen) atoms. The van der Waals surface area contributed by atoms with Crippen molar-refractivity contribution in [1.82, 2.24) is 4.31 Å². The highest BCUT2D eigenvalue weighted by Gasteiger charge is 2.31. The molecule has 0 spiro atoms. The minimum absolute atomic E-state index is 0.387. The highest BCUT2D eigenvalue weighted by Crippen LogP contribution is 2.27. The summed E-state index contributed by atoms with van der Waals surface area (Å²) in [6.45, 7) is 5.55. The Hall–Kier alpha value is -0.580. The molecule has 1 heterocycles. The fraction of sp³-hybridized carbons (Fsp3) is 0.600. The smallest absolute Gasteiger partial charge is 0.207 e. The summed E-state index contributed by atoms with van der Waals surface area (Å²) < 4.78 is 26.8. The highest BCUT2D eigenvalue weighted by molar-refractivity contribution is 7.89. The molecule has 1 saturated heterocycles. The molecule has 0 aromatic heterocycles. The molecule has 0 N–H and O–H groups in total. The van der Waals surface area contributed by atoms with Crippen LogP contribution in [0, 0.1) is 11.8 Å². The normalized spacial score (nSPS) is 24.8. The summed E-state index contributed by atoms with van der Waals surface area (Å²) in [5.74, 6) is 1.55. The van der Waals surface area contributed by atoms with Gasteiger partial charge in [-0.1, -0.05) is 26.0 Å². The van der Waals surface area contributed by atoms with Crippen molar-refractivity contribution in [3.63, 3.8) is 0 Å². The van der Waals surface area contributed by atoms with Crippen LogP contribution in [-0.4, -0.2) is 31.7 Å². The Morgan fingerprint density at radius 2 is 1.85 bits per heavy atom. The van der Waals surface area contributed by atoms with Crippen molar-refractivity contribution in [2.75, 3.05) is 19.0 Å². The average Bonchev–Trinajstić information content (AvgIpc) is 2.43. The third-order valence-electron chi connectivity index (χ3n) is 4.24. The van der Waals surface area contributed by atoms with E-state index < -0.39 is 10.0 Å². The molecule has 1 aliphatic heterocycles. The molecule has 3 nitrogen and oxygen atoms in total. The van der Waals surface area contributed by atoms with E-state index in [1.165, 1.54) is 0 Å². The van der Waals surface area contributed by atoms with Crippen LogP contribution in [0.2, 0.25) is 0 Å². The zero-order chi connectivity index (χ0) is 14.8. The molecule has 1 aliphatic rings. The topological polar surface area (TPSA) is 37.4 Å². The number of halogens is 1. The molecule has 2 atom stereocenters. The van der Waals surface area contributed by atoms with Crippen LogP contribution in [-0.2, 0) is 16.4 Å². The summed E-state index contributed by atoms with van der Waals surface area (Å²) in [5.41, 5.74) is 1.07.